The Morgan fingerprint density at radius 2 is 2.06 bits per heavy atom. The van der Waals surface area contributed by atoms with E-state index in [9.17, 15) is 0 Å². The molecule has 0 saturated heterocycles. The summed E-state index contributed by atoms with van der Waals surface area (Å²) in [4.78, 5) is 4.12. The maximum absolute atomic E-state index is 8.84. The molecule has 3 nitrogen and oxygen atoms in total. The van der Waals surface area contributed by atoms with Gasteiger partial charge in [-0.05, 0) is 46.9 Å². The van der Waals surface area contributed by atoms with Crippen LogP contribution < -0.4 is 5.32 Å². The molecule has 1 N–H and O–H groups in total. The molecule has 0 radical (unpaired) electrons. The minimum absolute atomic E-state index is 0.303. The Hall–Kier alpha value is -1.32. The number of hydrogen-bond donors (Lipinski definition) is 1. The van der Waals surface area contributed by atoms with Crippen molar-refractivity contribution in [1.82, 2.24) is 4.98 Å². The van der Waals surface area contributed by atoms with Crippen LogP contribution in [0.3, 0.4) is 0 Å². The van der Waals surface area contributed by atoms with E-state index in [1.165, 1.54) is 6.07 Å². The van der Waals surface area contributed by atoms with Crippen molar-refractivity contribution in [1.29, 1.82) is 5.26 Å². The number of nitrogens with zero attached hydrogens (tertiary/aromatic N) is 2. The van der Waals surface area contributed by atoms with E-state index >= 15 is 0 Å². The van der Waals surface area contributed by atoms with Gasteiger partial charge in [0.15, 0.2) is 0 Å². The number of hydrogen-bond acceptors (Lipinski definition) is 3. The highest BCUT2D eigenvalue weighted by atomic mass is 127. The standard InChI is InChI=1S/C12H7ClIN3/c13-11-5-8(7-15)6-12(17-11)16-10-4-2-1-3-9(10)14/h1-6H,(H,16,17). The molecule has 0 unspecified atom stereocenters. The van der Waals surface area contributed by atoms with Crippen LogP contribution in [0.1, 0.15) is 5.56 Å². The van der Waals surface area contributed by atoms with Crippen LogP contribution in [0, 0.1) is 14.9 Å². The second kappa shape index (κ2) is 5.34. The second-order valence-electron chi connectivity index (χ2n) is 3.28. The molecule has 2 aromatic rings. The van der Waals surface area contributed by atoms with Crippen LogP contribution in [0.2, 0.25) is 5.15 Å². The number of para-hydroxylation sites is 1. The smallest absolute Gasteiger partial charge is 0.133 e. The summed E-state index contributed by atoms with van der Waals surface area (Å²) in [5.74, 6) is 0.568. The van der Waals surface area contributed by atoms with E-state index in [0.29, 0.717) is 16.5 Å². The third-order valence-electron chi connectivity index (χ3n) is 2.06. The van der Waals surface area contributed by atoms with E-state index in [0.717, 1.165) is 9.26 Å². The first-order valence-corrected chi connectivity index (χ1v) is 6.24. The molecule has 0 bridgehead atoms. The van der Waals surface area contributed by atoms with Crippen molar-refractivity contribution in [2.24, 2.45) is 0 Å². The average Bonchev–Trinajstić information content (AvgIpc) is 2.31. The molecule has 0 amide bonds. The summed E-state index contributed by atoms with van der Waals surface area (Å²) in [6, 6.07) is 13.0. The van der Waals surface area contributed by atoms with Gasteiger partial charge in [0, 0.05) is 3.57 Å². The number of anilines is 2. The Labute approximate surface area is 118 Å². The number of nitriles is 1. The Kier molecular flexibility index (Phi) is 3.82. The Bertz CT molecular complexity index is 593. The Morgan fingerprint density at radius 3 is 2.76 bits per heavy atom. The Balaban J connectivity index is 2.34. The van der Waals surface area contributed by atoms with Crippen LogP contribution in [0.4, 0.5) is 11.5 Å². The highest BCUT2D eigenvalue weighted by Crippen LogP contribution is 2.22. The van der Waals surface area contributed by atoms with Crippen molar-refractivity contribution in [3.05, 3.63) is 50.7 Å². The predicted molar refractivity (Wildman–Crippen MR) is 76.4 cm³/mol. The summed E-state index contributed by atoms with van der Waals surface area (Å²) in [7, 11) is 0. The van der Waals surface area contributed by atoms with Gasteiger partial charge in [-0.25, -0.2) is 4.98 Å². The average molecular weight is 356 g/mol. The van der Waals surface area contributed by atoms with Gasteiger partial charge in [0.2, 0.25) is 0 Å². The minimum atomic E-state index is 0.303. The lowest BCUT2D eigenvalue weighted by Gasteiger charge is -2.07. The number of nitrogens with one attached hydrogen (secondary N) is 1. The molecule has 0 aliphatic rings. The summed E-state index contributed by atoms with van der Waals surface area (Å²) in [5.41, 5.74) is 1.42. The van der Waals surface area contributed by atoms with E-state index in [-0.39, 0.29) is 0 Å². The van der Waals surface area contributed by atoms with E-state index in [2.05, 4.69) is 32.9 Å². The van der Waals surface area contributed by atoms with Gasteiger partial charge in [-0.15, -0.1) is 0 Å². The fourth-order valence-corrected chi connectivity index (χ4v) is 2.06. The van der Waals surface area contributed by atoms with E-state index in [4.69, 9.17) is 16.9 Å². The van der Waals surface area contributed by atoms with Crippen LogP contribution in [0.15, 0.2) is 36.4 Å². The summed E-state index contributed by atoms with van der Waals surface area (Å²) in [5, 5.41) is 12.3. The van der Waals surface area contributed by atoms with Crippen molar-refractivity contribution in [2.45, 2.75) is 0 Å². The predicted octanol–water partition coefficient (Wildman–Crippen LogP) is 3.95. The first-order valence-electron chi connectivity index (χ1n) is 4.78. The molecule has 1 heterocycles. The molecule has 0 aliphatic heterocycles. The van der Waals surface area contributed by atoms with Gasteiger partial charge < -0.3 is 5.32 Å². The molecule has 0 saturated carbocycles. The normalized spacial score (nSPS) is 9.71. The van der Waals surface area contributed by atoms with Crippen molar-refractivity contribution >= 4 is 45.7 Å². The van der Waals surface area contributed by atoms with Crippen molar-refractivity contribution in [3.8, 4) is 6.07 Å². The third-order valence-corrected chi connectivity index (χ3v) is 3.19. The van der Waals surface area contributed by atoms with Crippen molar-refractivity contribution in [2.75, 3.05) is 5.32 Å². The molecular formula is C12H7ClIN3. The zero-order chi connectivity index (χ0) is 12.3. The van der Waals surface area contributed by atoms with Crippen LogP contribution in [-0.2, 0) is 0 Å². The fourth-order valence-electron chi connectivity index (χ4n) is 1.33. The number of rotatable bonds is 2. The molecule has 1 aromatic heterocycles. The number of pyridine rings is 1. The van der Waals surface area contributed by atoms with Crippen LogP contribution in [-0.4, -0.2) is 4.98 Å². The summed E-state index contributed by atoms with van der Waals surface area (Å²) < 4.78 is 1.07. The SMILES string of the molecule is N#Cc1cc(Cl)nc(Nc2ccccc2I)c1. The molecule has 17 heavy (non-hydrogen) atoms. The Morgan fingerprint density at radius 1 is 1.29 bits per heavy atom. The molecule has 2 rings (SSSR count). The molecule has 0 fully saturated rings. The lowest BCUT2D eigenvalue weighted by atomic mass is 10.2. The van der Waals surface area contributed by atoms with Crippen molar-refractivity contribution < 1.29 is 0 Å². The summed E-state index contributed by atoms with van der Waals surface area (Å²) >= 11 is 8.06. The third kappa shape index (κ3) is 3.08. The monoisotopic (exact) mass is 355 g/mol. The minimum Gasteiger partial charge on any atom is -0.339 e. The van der Waals surface area contributed by atoms with Gasteiger partial charge >= 0.3 is 0 Å². The zero-order valence-electron chi connectivity index (χ0n) is 8.61. The molecule has 0 aliphatic carbocycles. The van der Waals surface area contributed by atoms with Gasteiger partial charge in [-0.1, -0.05) is 23.7 Å². The first-order chi connectivity index (χ1) is 8.19. The fraction of sp³-hybridized carbons (Fsp3) is 0. The molecular weight excluding hydrogens is 349 g/mol. The molecule has 84 valence electrons. The molecule has 5 heteroatoms. The molecule has 0 spiro atoms. The first kappa shape index (κ1) is 12.1. The van der Waals surface area contributed by atoms with Crippen molar-refractivity contribution in [3.63, 3.8) is 0 Å². The topological polar surface area (TPSA) is 48.7 Å². The lowest BCUT2D eigenvalue weighted by Crippen LogP contribution is -1.96. The van der Waals surface area contributed by atoms with Gasteiger partial charge in [0.25, 0.3) is 0 Å². The highest BCUT2D eigenvalue weighted by Gasteiger charge is 2.03. The van der Waals surface area contributed by atoms with Gasteiger partial charge in [0.05, 0.1) is 17.3 Å². The van der Waals surface area contributed by atoms with Crippen LogP contribution in [0.5, 0.6) is 0 Å². The van der Waals surface area contributed by atoms with Gasteiger partial charge in [-0.3, -0.25) is 0 Å². The van der Waals surface area contributed by atoms with Crippen LogP contribution >= 0.6 is 34.2 Å². The number of benzene rings is 1. The quantitative estimate of drug-likeness (QED) is 0.655. The summed E-state index contributed by atoms with van der Waals surface area (Å²) in [6.07, 6.45) is 0. The maximum Gasteiger partial charge on any atom is 0.133 e. The largest absolute Gasteiger partial charge is 0.339 e. The number of aromatic nitrogens is 1. The zero-order valence-corrected chi connectivity index (χ0v) is 11.5. The summed E-state index contributed by atoms with van der Waals surface area (Å²) in [6.45, 7) is 0. The highest BCUT2D eigenvalue weighted by molar-refractivity contribution is 14.1. The van der Waals surface area contributed by atoms with E-state index < -0.39 is 0 Å². The van der Waals surface area contributed by atoms with Gasteiger partial charge in [-0.2, -0.15) is 5.26 Å². The van der Waals surface area contributed by atoms with Gasteiger partial charge in [0.1, 0.15) is 11.0 Å². The second-order valence-corrected chi connectivity index (χ2v) is 4.83. The number of halogens is 2. The molecule has 0 atom stereocenters. The van der Waals surface area contributed by atoms with E-state index in [1.807, 2.05) is 30.3 Å². The molecule has 1 aromatic carbocycles. The van der Waals surface area contributed by atoms with Crippen LogP contribution in [0.25, 0.3) is 0 Å². The lowest BCUT2D eigenvalue weighted by molar-refractivity contribution is 1.29. The maximum atomic E-state index is 8.84. The van der Waals surface area contributed by atoms with E-state index in [1.54, 1.807) is 6.07 Å².